The summed E-state index contributed by atoms with van der Waals surface area (Å²) in [6, 6.07) is 84.3. The zero-order chi connectivity index (χ0) is 40.3. The van der Waals surface area contributed by atoms with Crippen LogP contribution in [0.3, 0.4) is 0 Å². The lowest BCUT2D eigenvalue weighted by Gasteiger charge is -2.29. The highest BCUT2D eigenvalue weighted by molar-refractivity contribution is 7.25. The lowest BCUT2D eigenvalue weighted by molar-refractivity contribution is 1.18. The number of aromatic nitrogens is 1. The molecule has 0 unspecified atom stereocenters. The van der Waals surface area contributed by atoms with Crippen LogP contribution in [0.5, 0.6) is 0 Å². The average Bonchev–Trinajstić information content (AvgIpc) is 3.88. The highest BCUT2D eigenvalue weighted by Gasteiger charge is 2.22. The van der Waals surface area contributed by atoms with Crippen LogP contribution in [-0.4, -0.2) is 4.57 Å². The Morgan fingerprint density at radius 1 is 0.328 bits per heavy atom. The van der Waals surface area contributed by atoms with Gasteiger partial charge in [-0.2, -0.15) is 0 Å². The van der Waals surface area contributed by atoms with E-state index in [1.54, 1.807) is 0 Å². The van der Waals surface area contributed by atoms with E-state index >= 15 is 0 Å². The zero-order valence-electron chi connectivity index (χ0n) is 33.2. The van der Waals surface area contributed by atoms with E-state index in [9.17, 15) is 0 Å². The Morgan fingerprint density at radius 2 is 0.918 bits per heavy atom. The molecule has 0 amide bonds. The van der Waals surface area contributed by atoms with Crippen LogP contribution in [0.15, 0.2) is 231 Å². The molecule has 286 valence electrons. The van der Waals surface area contributed by atoms with Gasteiger partial charge in [0, 0.05) is 53.4 Å². The van der Waals surface area contributed by atoms with Gasteiger partial charge in [0.05, 0.1) is 16.7 Å². The Hall–Kier alpha value is -7.72. The van der Waals surface area contributed by atoms with E-state index in [1.165, 1.54) is 86.1 Å². The lowest BCUT2D eigenvalue weighted by Crippen LogP contribution is -2.11. The van der Waals surface area contributed by atoms with Crippen LogP contribution < -0.4 is 4.90 Å². The summed E-state index contributed by atoms with van der Waals surface area (Å²) in [6.07, 6.45) is 0. The van der Waals surface area contributed by atoms with Gasteiger partial charge >= 0.3 is 0 Å². The molecule has 0 bridgehead atoms. The Balaban J connectivity index is 1.12. The van der Waals surface area contributed by atoms with E-state index in [4.69, 9.17) is 0 Å². The van der Waals surface area contributed by atoms with Gasteiger partial charge in [-0.1, -0.05) is 164 Å². The number of thiophene rings is 1. The molecule has 2 aromatic heterocycles. The molecular weight excluding hydrogens is 757 g/mol. The summed E-state index contributed by atoms with van der Waals surface area (Å²) in [5, 5.41) is 7.49. The highest BCUT2D eigenvalue weighted by atomic mass is 32.1. The molecule has 3 heteroatoms. The van der Waals surface area contributed by atoms with Crippen LogP contribution in [0.25, 0.3) is 91.8 Å². The van der Waals surface area contributed by atoms with E-state index in [1.807, 2.05) is 11.3 Å². The number of benzene rings is 10. The molecule has 0 radical (unpaired) electrons. The predicted molar refractivity (Wildman–Crippen MR) is 262 cm³/mol. The molecule has 0 fully saturated rings. The normalized spacial score (nSPS) is 11.6. The molecule has 0 atom stereocenters. The van der Waals surface area contributed by atoms with E-state index < -0.39 is 0 Å². The zero-order valence-corrected chi connectivity index (χ0v) is 34.1. The Morgan fingerprint density at radius 3 is 1.66 bits per heavy atom. The molecule has 0 saturated carbocycles. The first kappa shape index (κ1) is 35.2. The van der Waals surface area contributed by atoms with E-state index in [0.717, 1.165) is 22.7 Å². The molecule has 0 N–H and O–H groups in total. The molecule has 10 aromatic carbocycles. The number of hydrogen-bond donors (Lipinski definition) is 0. The van der Waals surface area contributed by atoms with Crippen molar-refractivity contribution in [1.29, 1.82) is 0 Å². The second-order valence-electron chi connectivity index (χ2n) is 15.7. The molecule has 0 spiro atoms. The molecule has 12 aromatic rings. The molecule has 2 nitrogen and oxygen atoms in total. The van der Waals surface area contributed by atoms with E-state index in [0.29, 0.717) is 0 Å². The predicted octanol–water partition coefficient (Wildman–Crippen LogP) is 16.8. The minimum atomic E-state index is 1.10. The van der Waals surface area contributed by atoms with Crippen LogP contribution in [0, 0.1) is 0 Å². The molecule has 61 heavy (non-hydrogen) atoms. The van der Waals surface area contributed by atoms with Crippen LogP contribution in [0.4, 0.5) is 17.1 Å². The van der Waals surface area contributed by atoms with Crippen molar-refractivity contribution in [2.24, 2.45) is 0 Å². The van der Waals surface area contributed by atoms with E-state index in [2.05, 4.69) is 240 Å². The summed E-state index contributed by atoms with van der Waals surface area (Å²) < 4.78 is 4.98. The number of anilines is 3. The second kappa shape index (κ2) is 14.5. The van der Waals surface area contributed by atoms with Crippen molar-refractivity contribution in [3.8, 4) is 39.1 Å². The fourth-order valence-corrected chi connectivity index (χ4v) is 10.6. The number of para-hydroxylation sites is 2. The van der Waals surface area contributed by atoms with Crippen molar-refractivity contribution >= 4 is 81.1 Å². The SMILES string of the molecule is c1ccc(-c2cc(-c3ccccc3)cc(N(c3ccc4c(c3)sc3ccccc34)c3ccc(-c4cccc5c4c4ccccc4n5-c4ccccc4)c4ccccc34)c2)cc1. The topological polar surface area (TPSA) is 8.17 Å². The van der Waals surface area contributed by atoms with Crippen LogP contribution in [-0.2, 0) is 0 Å². The number of nitrogens with zero attached hydrogens (tertiary/aromatic N) is 2. The van der Waals surface area contributed by atoms with Crippen molar-refractivity contribution < 1.29 is 0 Å². The maximum absolute atomic E-state index is 2.48. The second-order valence-corrected chi connectivity index (χ2v) is 16.8. The van der Waals surface area contributed by atoms with Gasteiger partial charge in [-0.15, -0.1) is 11.3 Å². The van der Waals surface area contributed by atoms with Gasteiger partial charge in [0.2, 0.25) is 0 Å². The first-order chi connectivity index (χ1) is 30.3. The quantitative estimate of drug-likeness (QED) is 0.156. The van der Waals surface area contributed by atoms with E-state index in [-0.39, 0.29) is 0 Å². The van der Waals surface area contributed by atoms with Gasteiger partial charge in [-0.3, -0.25) is 0 Å². The van der Waals surface area contributed by atoms with Crippen molar-refractivity contribution in [1.82, 2.24) is 4.57 Å². The first-order valence-electron chi connectivity index (χ1n) is 20.8. The van der Waals surface area contributed by atoms with Gasteiger partial charge < -0.3 is 9.47 Å². The summed E-state index contributed by atoms with van der Waals surface area (Å²) in [4.78, 5) is 2.48. The van der Waals surface area contributed by atoms with Gasteiger partial charge in [-0.25, -0.2) is 0 Å². The molecular formula is C58H38N2S. The van der Waals surface area contributed by atoms with Gasteiger partial charge in [0.1, 0.15) is 0 Å². The van der Waals surface area contributed by atoms with Crippen molar-refractivity contribution in [2.75, 3.05) is 4.90 Å². The summed E-state index contributed by atoms with van der Waals surface area (Å²) in [5.41, 5.74) is 14.1. The maximum atomic E-state index is 2.48. The minimum absolute atomic E-state index is 1.10. The van der Waals surface area contributed by atoms with Crippen LogP contribution in [0.2, 0.25) is 0 Å². The van der Waals surface area contributed by atoms with Crippen molar-refractivity contribution in [3.63, 3.8) is 0 Å². The molecule has 0 aliphatic carbocycles. The molecule has 0 aliphatic rings. The highest BCUT2D eigenvalue weighted by Crippen LogP contribution is 2.48. The van der Waals surface area contributed by atoms with Crippen LogP contribution >= 0.6 is 11.3 Å². The molecule has 12 rings (SSSR count). The van der Waals surface area contributed by atoms with Crippen LogP contribution in [0.1, 0.15) is 0 Å². The summed E-state index contributed by atoms with van der Waals surface area (Å²) in [5.74, 6) is 0. The van der Waals surface area contributed by atoms with Gasteiger partial charge in [-0.05, 0) is 105 Å². The fraction of sp³-hybridized carbons (Fsp3) is 0. The summed E-state index contributed by atoms with van der Waals surface area (Å²) in [7, 11) is 0. The number of rotatable bonds is 7. The first-order valence-corrected chi connectivity index (χ1v) is 21.7. The summed E-state index contributed by atoms with van der Waals surface area (Å²) >= 11 is 1.86. The third kappa shape index (κ3) is 5.93. The van der Waals surface area contributed by atoms with Gasteiger partial charge in [0.25, 0.3) is 0 Å². The smallest absolute Gasteiger partial charge is 0.0547 e. The minimum Gasteiger partial charge on any atom is -0.310 e. The summed E-state index contributed by atoms with van der Waals surface area (Å²) in [6.45, 7) is 0. The molecule has 0 saturated heterocycles. The van der Waals surface area contributed by atoms with Crippen molar-refractivity contribution in [3.05, 3.63) is 231 Å². The molecule has 0 aliphatic heterocycles. The molecule has 2 heterocycles. The average molecular weight is 795 g/mol. The number of hydrogen-bond acceptors (Lipinski definition) is 2. The monoisotopic (exact) mass is 794 g/mol. The third-order valence-corrected chi connectivity index (χ3v) is 13.3. The Kier molecular flexibility index (Phi) is 8.39. The van der Waals surface area contributed by atoms with Crippen molar-refractivity contribution in [2.45, 2.75) is 0 Å². The Labute approximate surface area is 358 Å². The number of fused-ring (bicyclic) bond motifs is 7. The standard InChI is InChI=1S/C58H38N2S/c1-4-17-39(18-5-1)41-35-42(40-19-6-2-7-20-40)37-45(36-41)59(44-31-32-50-49-25-13-15-30-56(49)61-57(50)38-44)54-34-33-47(46-23-10-11-24-48(46)54)51-27-16-29-55-58(51)52-26-12-14-28-53(52)60(55)43-21-8-3-9-22-43/h1-38H. The largest absolute Gasteiger partial charge is 0.310 e. The van der Waals surface area contributed by atoms with Gasteiger partial charge in [0.15, 0.2) is 0 Å². The maximum Gasteiger partial charge on any atom is 0.0547 e. The Bertz CT molecular complexity index is 3530. The fourth-order valence-electron chi connectivity index (χ4n) is 9.43. The lowest BCUT2D eigenvalue weighted by atomic mass is 9.93. The third-order valence-electron chi connectivity index (χ3n) is 12.2.